The van der Waals surface area contributed by atoms with Crippen molar-refractivity contribution in [1.82, 2.24) is 25.4 Å². The first-order valence-electron chi connectivity index (χ1n) is 6.81. The summed E-state index contributed by atoms with van der Waals surface area (Å²) in [4.78, 5) is 4.14. The first-order chi connectivity index (χ1) is 9.35. The van der Waals surface area contributed by atoms with E-state index in [1.165, 1.54) is 19.3 Å². The Bertz CT molecular complexity index is 454. The third-order valence-electron chi connectivity index (χ3n) is 3.24. The predicted molar refractivity (Wildman–Crippen MR) is 91.4 cm³/mol. The van der Waals surface area contributed by atoms with Crippen molar-refractivity contribution >= 4 is 29.9 Å². The summed E-state index contributed by atoms with van der Waals surface area (Å²) >= 11 is 0. The van der Waals surface area contributed by atoms with Crippen molar-refractivity contribution in [3.05, 3.63) is 24.3 Å². The molecule has 2 N–H and O–H groups in total. The SMILES string of the molecule is C=CCNC(=NC)NCc1nnc2n1CCCCC2.I. The lowest BCUT2D eigenvalue weighted by Gasteiger charge is -2.11. The summed E-state index contributed by atoms with van der Waals surface area (Å²) in [5.74, 6) is 2.85. The zero-order chi connectivity index (χ0) is 13.5. The fraction of sp³-hybridized carbons (Fsp3) is 0.615. The number of rotatable bonds is 4. The third-order valence-corrected chi connectivity index (χ3v) is 3.24. The first-order valence-corrected chi connectivity index (χ1v) is 6.81. The predicted octanol–water partition coefficient (Wildman–Crippen LogP) is 1.47. The van der Waals surface area contributed by atoms with Crippen LogP contribution in [-0.2, 0) is 19.5 Å². The molecule has 0 spiro atoms. The second-order valence-electron chi connectivity index (χ2n) is 4.59. The van der Waals surface area contributed by atoms with Gasteiger partial charge in [-0.1, -0.05) is 12.5 Å². The van der Waals surface area contributed by atoms with Crippen LogP contribution in [0.15, 0.2) is 17.6 Å². The second-order valence-corrected chi connectivity index (χ2v) is 4.59. The van der Waals surface area contributed by atoms with Gasteiger partial charge in [0.05, 0.1) is 6.54 Å². The van der Waals surface area contributed by atoms with E-state index < -0.39 is 0 Å². The lowest BCUT2D eigenvalue weighted by atomic mass is 10.2. The van der Waals surface area contributed by atoms with Crippen molar-refractivity contribution in [2.75, 3.05) is 13.6 Å². The van der Waals surface area contributed by atoms with Gasteiger partial charge in [0.25, 0.3) is 0 Å². The zero-order valence-electron chi connectivity index (χ0n) is 11.9. The summed E-state index contributed by atoms with van der Waals surface area (Å²) in [7, 11) is 1.75. The Morgan fingerprint density at radius 1 is 1.35 bits per heavy atom. The van der Waals surface area contributed by atoms with Gasteiger partial charge in [0, 0.05) is 26.6 Å². The van der Waals surface area contributed by atoms with E-state index in [1.807, 2.05) is 0 Å². The van der Waals surface area contributed by atoms with Crippen LogP contribution < -0.4 is 10.6 Å². The van der Waals surface area contributed by atoms with E-state index in [-0.39, 0.29) is 24.0 Å². The van der Waals surface area contributed by atoms with E-state index in [4.69, 9.17) is 0 Å². The average molecular weight is 390 g/mol. The monoisotopic (exact) mass is 390 g/mol. The molecule has 6 nitrogen and oxygen atoms in total. The van der Waals surface area contributed by atoms with Crippen LogP contribution in [-0.4, -0.2) is 34.3 Å². The highest BCUT2D eigenvalue weighted by atomic mass is 127. The highest BCUT2D eigenvalue weighted by molar-refractivity contribution is 14.0. The molecular weight excluding hydrogens is 367 g/mol. The van der Waals surface area contributed by atoms with E-state index in [1.54, 1.807) is 13.1 Å². The van der Waals surface area contributed by atoms with Crippen LogP contribution in [0.1, 0.15) is 30.9 Å². The molecular formula is C13H23IN6. The Labute approximate surface area is 137 Å². The van der Waals surface area contributed by atoms with Crippen LogP contribution >= 0.6 is 24.0 Å². The molecule has 0 fully saturated rings. The van der Waals surface area contributed by atoms with E-state index in [0.717, 1.165) is 30.6 Å². The molecule has 20 heavy (non-hydrogen) atoms. The van der Waals surface area contributed by atoms with Gasteiger partial charge >= 0.3 is 0 Å². The van der Waals surface area contributed by atoms with Crippen molar-refractivity contribution in [2.45, 2.75) is 38.8 Å². The Kier molecular flexibility index (Phi) is 7.56. The smallest absolute Gasteiger partial charge is 0.191 e. The summed E-state index contributed by atoms with van der Waals surface area (Å²) in [6, 6.07) is 0. The van der Waals surface area contributed by atoms with Crippen LogP contribution in [0.25, 0.3) is 0 Å². The molecule has 1 aromatic rings. The zero-order valence-corrected chi connectivity index (χ0v) is 14.3. The number of hydrogen-bond acceptors (Lipinski definition) is 3. The van der Waals surface area contributed by atoms with E-state index >= 15 is 0 Å². The van der Waals surface area contributed by atoms with Gasteiger partial charge in [-0.3, -0.25) is 4.99 Å². The van der Waals surface area contributed by atoms with Gasteiger partial charge in [0.2, 0.25) is 0 Å². The van der Waals surface area contributed by atoms with Crippen molar-refractivity contribution < 1.29 is 0 Å². The van der Waals surface area contributed by atoms with Crippen molar-refractivity contribution in [3.8, 4) is 0 Å². The Hall–Kier alpha value is -1.12. The van der Waals surface area contributed by atoms with E-state index in [9.17, 15) is 0 Å². The van der Waals surface area contributed by atoms with Gasteiger partial charge in [0.1, 0.15) is 5.82 Å². The molecule has 0 radical (unpaired) electrons. The summed E-state index contributed by atoms with van der Waals surface area (Å²) in [6.45, 7) is 6.03. The maximum Gasteiger partial charge on any atom is 0.191 e. The minimum Gasteiger partial charge on any atom is -0.353 e. The maximum absolute atomic E-state index is 4.28. The summed E-state index contributed by atoms with van der Waals surface area (Å²) < 4.78 is 2.24. The molecule has 0 saturated carbocycles. The largest absolute Gasteiger partial charge is 0.353 e. The Balaban J connectivity index is 0.00000200. The normalized spacial score (nSPS) is 14.8. The lowest BCUT2D eigenvalue weighted by molar-refractivity contribution is 0.597. The van der Waals surface area contributed by atoms with Gasteiger partial charge < -0.3 is 15.2 Å². The molecule has 0 aromatic carbocycles. The third kappa shape index (κ3) is 4.46. The first kappa shape index (κ1) is 16.9. The van der Waals surface area contributed by atoms with Crippen molar-refractivity contribution in [1.29, 1.82) is 0 Å². The van der Waals surface area contributed by atoms with Crippen LogP contribution in [0.4, 0.5) is 0 Å². The number of aromatic nitrogens is 3. The molecule has 7 heteroatoms. The highest BCUT2D eigenvalue weighted by Gasteiger charge is 2.14. The number of nitrogens with one attached hydrogen (secondary N) is 2. The van der Waals surface area contributed by atoms with Crippen LogP contribution in [0.2, 0.25) is 0 Å². The molecule has 0 unspecified atom stereocenters. The Morgan fingerprint density at radius 2 is 2.20 bits per heavy atom. The molecule has 0 bridgehead atoms. The molecule has 0 amide bonds. The van der Waals surface area contributed by atoms with Gasteiger partial charge in [-0.2, -0.15) is 0 Å². The number of guanidine groups is 1. The van der Waals surface area contributed by atoms with Gasteiger partial charge in [-0.15, -0.1) is 40.8 Å². The molecule has 0 atom stereocenters. The van der Waals surface area contributed by atoms with Crippen LogP contribution in [0.3, 0.4) is 0 Å². The Morgan fingerprint density at radius 3 is 2.95 bits per heavy atom. The molecule has 2 rings (SSSR count). The maximum atomic E-state index is 4.28. The highest BCUT2D eigenvalue weighted by Crippen LogP contribution is 2.14. The average Bonchev–Trinajstić information content (AvgIpc) is 2.67. The van der Waals surface area contributed by atoms with Crippen molar-refractivity contribution in [3.63, 3.8) is 0 Å². The molecule has 1 aliphatic rings. The number of fused-ring (bicyclic) bond motifs is 1. The summed E-state index contributed by atoms with van der Waals surface area (Å²) in [5.41, 5.74) is 0. The van der Waals surface area contributed by atoms with Gasteiger partial charge in [0.15, 0.2) is 11.8 Å². The molecule has 0 saturated heterocycles. The number of hydrogen-bond donors (Lipinski definition) is 2. The van der Waals surface area contributed by atoms with E-state index in [2.05, 4.69) is 37.0 Å². The van der Waals surface area contributed by atoms with Gasteiger partial charge in [-0.25, -0.2) is 0 Å². The quantitative estimate of drug-likeness (QED) is 0.354. The van der Waals surface area contributed by atoms with Crippen LogP contribution in [0.5, 0.6) is 0 Å². The molecule has 2 heterocycles. The summed E-state index contributed by atoms with van der Waals surface area (Å²) in [6.07, 6.45) is 6.54. The summed E-state index contributed by atoms with van der Waals surface area (Å²) in [5, 5.41) is 14.9. The van der Waals surface area contributed by atoms with Crippen molar-refractivity contribution in [2.24, 2.45) is 4.99 Å². The molecule has 112 valence electrons. The van der Waals surface area contributed by atoms with E-state index in [0.29, 0.717) is 13.1 Å². The standard InChI is InChI=1S/C13H22N6.HI/c1-3-8-15-13(14-2)16-10-12-18-17-11-7-5-4-6-9-19(11)12;/h3H,1,4-10H2,2H3,(H2,14,15,16);1H. The number of aliphatic imine (C=N–C) groups is 1. The fourth-order valence-corrected chi connectivity index (χ4v) is 2.23. The molecule has 1 aromatic heterocycles. The number of aryl methyl sites for hydroxylation is 1. The van der Waals surface area contributed by atoms with Crippen LogP contribution in [0, 0.1) is 0 Å². The second kappa shape index (κ2) is 8.93. The molecule has 1 aliphatic heterocycles. The number of halogens is 1. The topological polar surface area (TPSA) is 67.1 Å². The van der Waals surface area contributed by atoms with Gasteiger partial charge in [-0.05, 0) is 12.8 Å². The minimum atomic E-state index is 0. The lowest BCUT2D eigenvalue weighted by Crippen LogP contribution is -2.37. The molecule has 0 aliphatic carbocycles. The minimum absolute atomic E-state index is 0. The fourth-order valence-electron chi connectivity index (χ4n) is 2.23. The number of nitrogens with zero attached hydrogens (tertiary/aromatic N) is 4.